The third-order valence-corrected chi connectivity index (χ3v) is 6.90. The molecular weight excluding hydrogens is 390 g/mol. The van der Waals surface area contributed by atoms with Gasteiger partial charge in [0, 0.05) is 30.1 Å². The van der Waals surface area contributed by atoms with Crippen LogP contribution in [0.15, 0.2) is 24.5 Å². The Morgan fingerprint density at radius 2 is 1.72 bits per heavy atom. The van der Waals surface area contributed by atoms with Crippen LogP contribution in [0.3, 0.4) is 0 Å². The lowest BCUT2D eigenvalue weighted by Crippen LogP contribution is -2.38. The Bertz CT molecular complexity index is 1050. The number of aryl methyl sites for hydroxylation is 2. The summed E-state index contributed by atoms with van der Waals surface area (Å²) in [6.45, 7) is 1.88. The first-order valence-corrected chi connectivity index (χ1v) is 11.5. The molecule has 7 nitrogen and oxygen atoms in total. The van der Waals surface area contributed by atoms with Gasteiger partial charge in [0.1, 0.15) is 0 Å². The lowest BCUT2D eigenvalue weighted by atomic mass is 9.99. The van der Waals surface area contributed by atoms with Crippen molar-refractivity contribution in [3.63, 3.8) is 0 Å². The van der Waals surface area contributed by atoms with Gasteiger partial charge in [-0.1, -0.05) is 13.0 Å². The molecule has 8 heteroatoms. The molecule has 1 heterocycles. The molecule has 2 aromatic rings. The Kier molecular flexibility index (Phi) is 5.21. The minimum atomic E-state index is -4.13. The summed E-state index contributed by atoms with van der Waals surface area (Å²) in [4.78, 5) is 24.5. The highest BCUT2D eigenvalue weighted by atomic mass is 32.2. The second kappa shape index (κ2) is 7.67. The summed E-state index contributed by atoms with van der Waals surface area (Å²) < 4.78 is 28.1. The standard InChI is InChI=1S/C21H25N3O4S/c1-2-5-19(25)16-10-11-24(13-16)29(27,28)23-21(26)22-20-17-8-3-6-14(17)12-15-7-4-9-18(15)20/h10-13H,2-9H2,1H3,(H2,22,23,26). The van der Waals surface area contributed by atoms with Gasteiger partial charge in [-0.2, -0.15) is 8.42 Å². The van der Waals surface area contributed by atoms with Crippen molar-refractivity contribution in [1.82, 2.24) is 8.69 Å². The van der Waals surface area contributed by atoms with Crippen molar-refractivity contribution >= 4 is 27.7 Å². The van der Waals surface area contributed by atoms with E-state index in [4.69, 9.17) is 0 Å². The van der Waals surface area contributed by atoms with Crippen molar-refractivity contribution < 1.29 is 18.0 Å². The van der Waals surface area contributed by atoms with Gasteiger partial charge in [-0.25, -0.2) is 13.5 Å². The van der Waals surface area contributed by atoms with Crippen LogP contribution < -0.4 is 10.0 Å². The van der Waals surface area contributed by atoms with Gasteiger partial charge >= 0.3 is 16.2 Å². The maximum Gasteiger partial charge on any atom is 0.334 e. The van der Waals surface area contributed by atoms with Crippen molar-refractivity contribution in [3.8, 4) is 0 Å². The summed E-state index contributed by atoms with van der Waals surface area (Å²) in [6.07, 6.45) is 9.42. The molecule has 0 atom stereocenters. The number of ketones is 1. The largest absolute Gasteiger partial charge is 0.334 e. The average molecular weight is 416 g/mol. The van der Waals surface area contributed by atoms with E-state index in [1.54, 1.807) is 0 Å². The summed E-state index contributed by atoms with van der Waals surface area (Å²) in [5.74, 6) is -0.124. The highest BCUT2D eigenvalue weighted by Gasteiger charge is 2.26. The smallest absolute Gasteiger partial charge is 0.307 e. The molecule has 4 rings (SSSR count). The number of carbonyl (C=O) groups excluding carboxylic acids is 2. The molecule has 1 aromatic carbocycles. The molecule has 2 amide bonds. The fourth-order valence-electron chi connectivity index (χ4n) is 4.34. The van der Waals surface area contributed by atoms with Crippen molar-refractivity contribution in [2.75, 3.05) is 5.32 Å². The number of benzene rings is 1. The third-order valence-electron chi connectivity index (χ3n) is 5.68. The van der Waals surface area contributed by atoms with Crippen LogP contribution in [0.1, 0.15) is 65.2 Å². The SMILES string of the molecule is CCCC(=O)c1ccn(S(=O)(=O)NC(=O)Nc2c3c(cc4c2CCC4)CCC3)c1. The van der Waals surface area contributed by atoms with Crippen LogP contribution in [0.4, 0.5) is 10.5 Å². The van der Waals surface area contributed by atoms with Crippen LogP contribution in [0.2, 0.25) is 0 Å². The summed E-state index contributed by atoms with van der Waals surface area (Å²) in [7, 11) is -4.13. The fourth-order valence-corrected chi connectivity index (χ4v) is 5.20. The van der Waals surface area contributed by atoms with Crippen molar-refractivity contribution in [2.24, 2.45) is 0 Å². The van der Waals surface area contributed by atoms with Crippen LogP contribution in [-0.2, 0) is 35.9 Å². The predicted molar refractivity (Wildman–Crippen MR) is 111 cm³/mol. The van der Waals surface area contributed by atoms with Crippen molar-refractivity contribution in [3.05, 3.63) is 52.3 Å². The molecule has 0 spiro atoms. The molecule has 0 radical (unpaired) electrons. The van der Waals surface area contributed by atoms with E-state index >= 15 is 0 Å². The first-order valence-electron chi connectivity index (χ1n) is 10.1. The van der Waals surface area contributed by atoms with Gasteiger partial charge < -0.3 is 5.32 Å². The van der Waals surface area contributed by atoms with Crippen LogP contribution in [0, 0.1) is 0 Å². The van der Waals surface area contributed by atoms with Gasteiger partial charge in [0.05, 0.1) is 0 Å². The van der Waals surface area contributed by atoms with Crippen LogP contribution in [-0.4, -0.2) is 24.2 Å². The van der Waals surface area contributed by atoms with E-state index in [1.807, 2.05) is 6.92 Å². The fraction of sp³-hybridized carbons (Fsp3) is 0.429. The van der Waals surface area contributed by atoms with Gasteiger partial charge in [0.25, 0.3) is 0 Å². The molecule has 29 heavy (non-hydrogen) atoms. The highest BCUT2D eigenvalue weighted by molar-refractivity contribution is 7.88. The quantitative estimate of drug-likeness (QED) is 0.707. The number of carbonyl (C=O) groups is 2. The summed E-state index contributed by atoms with van der Waals surface area (Å²) in [5, 5.41) is 2.81. The zero-order valence-electron chi connectivity index (χ0n) is 16.5. The molecule has 2 aliphatic carbocycles. The number of fused-ring (bicyclic) bond motifs is 2. The molecule has 0 bridgehead atoms. The molecule has 0 saturated heterocycles. The van der Waals surface area contributed by atoms with E-state index in [0.29, 0.717) is 18.4 Å². The third kappa shape index (κ3) is 3.81. The Morgan fingerprint density at radius 3 is 2.34 bits per heavy atom. The number of anilines is 1. The number of rotatable bonds is 6. The van der Waals surface area contributed by atoms with E-state index < -0.39 is 16.2 Å². The molecule has 154 valence electrons. The number of aromatic nitrogens is 1. The van der Waals surface area contributed by atoms with Crippen molar-refractivity contribution in [1.29, 1.82) is 0 Å². The Hall–Kier alpha value is -2.61. The maximum atomic E-state index is 12.6. The van der Waals surface area contributed by atoms with Gasteiger partial charge in [0.2, 0.25) is 0 Å². The Labute approximate surface area is 170 Å². The van der Waals surface area contributed by atoms with Crippen LogP contribution >= 0.6 is 0 Å². The van der Waals surface area contributed by atoms with E-state index in [9.17, 15) is 18.0 Å². The topological polar surface area (TPSA) is 97.3 Å². The number of hydrogen-bond donors (Lipinski definition) is 2. The summed E-state index contributed by atoms with van der Waals surface area (Å²) >= 11 is 0. The monoisotopic (exact) mass is 415 g/mol. The minimum Gasteiger partial charge on any atom is -0.307 e. The second-order valence-corrected chi connectivity index (χ2v) is 9.27. The lowest BCUT2D eigenvalue weighted by molar-refractivity contribution is 0.0982. The highest BCUT2D eigenvalue weighted by Crippen LogP contribution is 2.38. The van der Waals surface area contributed by atoms with E-state index in [-0.39, 0.29) is 5.78 Å². The molecule has 1 aromatic heterocycles. The second-order valence-electron chi connectivity index (χ2n) is 7.70. The molecule has 0 aliphatic heterocycles. The van der Waals surface area contributed by atoms with Crippen LogP contribution in [0.5, 0.6) is 0 Å². The number of Topliss-reactive ketones (excluding diaryl/α,β-unsaturated/α-hetero) is 1. The molecule has 0 saturated carbocycles. The molecule has 2 aliphatic rings. The molecule has 0 fully saturated rings. The average Bonchev–Trinajstić information content (AvgIpc) is 3.41. The minimum absolute atomic E-state index is 0.124. The molecular formula is C21H25N3O4S. The van der Waals surface area contributed by atoms with E-state index in [0.717, 1.165) is 59.3 Å². The van der Waals surface area contributed by atoms with Gasteiger partial charge in [-0.3, -0.25) is 4.79 Å². The van der Waals surface area contributed by atoms with Crippen molar-refractivity contribution in [2.45, 2.75) is 58.3 Å². The zero-order valence-corrected chi connectivity index (χ0v) is 17.3. The maximum absolute atomic E-state index is 12.6. The molecule has 2 N–H and O–H groups in total. The predicted octanol–water partition coefficient (Wildman–Crippen LogP) is 3.36. The lowest BCUT2D eigenvalue weighted by Gasteiger charge is -2.16. The Morgan fingerprint density at radius 1 is 1.07 bits per heavy atom. The number of nitrogens with one attached hydrogen (secondary N) is 2. The number of nitrogens with zero attached hydrogens (tertiary/aromatic N) is 1. The Balaban J connectivity index is 1.53. The molecule has 0 unspecified atom stereocenters. The van der Waals surface area contributed by atoms with E-state index in [1.165, 1.54) is 29.6 Å². The first kappa shape index (κ1) is 19.7. The first-order chi connectivity index (χ1) is 13.9. The van der Waals surface area contributed by atoms with Gasteiger partial charge in [-0.15, -0.1) is 0 Å². The van der Waals surface area contributed by atoms with Crippen LogP contribution in [0.25, 0.3) is 0 Å². The normalized spacial score (nSPS) is 15.1. The number of urea groups is 1. The number of amides is 2. The van der Waals surface area contributed by atoms with Gasteiger partial charge in [0.15, 0.2) is 5.78 Å². The number of hydrogen-bond acceptors (Lipinski definition) is 4. The summed E-state index contributed by atoms with van der Waals surface area (Å²) in [6, 6.07) is 2.92. The zero-order chi connectivity index (χ0) is 20.6. The van der Waals surface area contributed by atoms with Gasteiger partial charge in [-0.05, 0) is 73.3 Å². The van der Waals surface area contributed by atoms with E-state index in [2.05, 4.69) is 16.1 Å². The summed E-state index contributed by atoms with van der Waals surface area (Å²) in [5.41, 5.74) is 5.88.